The Morgan fingerprint density at radius 2 is 1.08 bits per heavy atom. The molecule has 0 saturated heterocycles. The van der Waals surface area contributed by atoms with E-state index in [0.29, 0.717) is 19.4 Å². The van der Waals surface area contributed by atoms with Gasteiger partial charge >= 0.3 is 0 Å². The predicted octanol–water partition coefficient (Wildman–Crippen LogP) is 7.39. The van der Waals surface area contributed by atoms with Crippen LogP contribution in [0.25, 0.3) is 9.69 Å². The number of hydrogen-bond donors (Lipinski definition) is 2. The molecular weight excluding hydrogens is 444 g/mol. The maximum Gasteiger partial charge on any atom is 0.224 e. The molecular formula is C32H42N2O2. The van der Waals surface area contributed by atoms with E-state index in [-0.39, 0.29) is 5.92 Å². The lowest BCUT2D eigenvalue weighted by molar-refractivity contribution is -0.0179. The van der Waals surface area contributed by atoms with Gasteiger partial charge in [-0.3, -0.25) is 0 Å². The molecule has 0 spiro atoms. The lowest BCUT2D eigenvalue weighted by Crippen LogP contribution is -2.39. The van der Waals surface area contributed by atoms with E-state index in [9.17, 15) is 10.2 Å². The molecule has 2 N–H and O–H groups in total. The number of aryl methyl sites for hydroxylation is 2. The van der Waals surface area contributed by atoms with Crippen LogP contribution >= 0.6 is 0 Å². The van der Waals surface area contributed by atoms with Crippen LogP contribution in [0.2, 0.25) is 0 Å². The van der Waals surface area contributed by atoms with Crippen molar-refractivity contribution in [3.8, 4) is 0 Å². The van der Waals surface area contributed by atoms with Crippen LogP contribution in [-0.4, -0.2) is 34.5 Å². The van der Waals surface area contributed by atoms with Crippen LogP contribution in [0.4, 0.5) is 0 Å². The summed E-state index contributed by atoms with van der Waals surface area (Å²) in [5, 5.41) is 21.8. The van der Waals surface area contributed by atoms with E-state index in [0.717, 1.165) is 61.6 Å². The van der Waals surface area contributed by atoms with Gasteiger partial charge in [0.15, 0.2) is 0 Å². The van der Waals surface area contributed by atoms with Gasteiger partial charge in [-0.25, -0.2) is 13.1 Å². The van der Waals surface area contributed by atoms with Crippen LogP contribution in [0.1, 0.15) is 101 Å². The molecule has 4 heteroatoms. The summed E-state index contributed by atoms with van der Waals surface area (Å²) in [7, 11) is 0. The average molecular weight is 489 g/mol. The second-order valence-electron chi connectivity index (χ2n) is 10.7. The van der Waals surface area contributed by atoms with Crippen molar-refractivity contribution in [3.63, 3.8) is 0 Å². The van der Waals surface area contributed by atoms with Gasteiger partial charge in [0.25, 0.3) is 0 Å². The smallest absolute Gasteiger partial charge is 0.224 e. The third-order valence-electron chi connectivity index (χ3n) is 7.98. The monoisotopic (exact) mass is 488 g/mol. The van der Waals surface area contributed by atoms with E-state index >= 15 is 0 Å². The molecule has 2 aliphatic carbocycles. The molecule has 0 amide bonds. The van der Waals surface area contributed by atoms with Gasteiger partial charge in [0.1, 0.15) is 2.74 Å². The summed E-state index contributed by atoms with van der Waals surface area (Å²) < 4.78 is 16.1. The Balaban J connectivity index is 0.000000212. The van der Waals surface area contributed by atoms with Gasteiger partial charge in [0, 0.05) is 0 Å². The van der Waals surface area contributed by atoms with Crippen LogP contribution in [0.3, 0.4) is 0 Å². The van der Waals surface area contributed by atoms with Crippen LogP contribution in [0.15, 0.2) is 48.5 Å². The highest BCUT2D eigenvalue weighted by Crippen LogP contribution is 2.41. The van der Waals surface area contributed by atoms with Crippen molar-refractivity contribution in [2.24, 2.45) is 0 Å². The first-order chi connectivity index (χ1) is 18.0. The van der Waals surface area contributed by atoms with Crippen molar-refractivity contribution in [2.75, 3.05) is 13.0 Å². The highest BCUT2D eigenvalue weighted by molar-refractivity contribution is 5.29. The fraction of sp³-hybridized carbons (Fsp3) is 0.562. The van der Waals surface area contributed by atoms with E-state index in [1.807, 2.05) is 31.2 Å². The first kappa shape index (κ1) is 25.0. The van der Waals surface area contributed by atoms with Gasteiger partial charge in [-0.15, -0.1) is 0 Å². The average Bonchev–Trinajstić information content (AvgIpc) is 2.90. The summed E-state index contributed by atoms with van der Waals surface area (Å²) in [5.74, 6) is -0.815. The first-order valence-electron chi connectivity index (χ1n) is 14.3. The molecule has 4 nitrogen and oxygen atoms in total. The Labute approximate surface area is 220 Å². The molecule has 36 heavy (non-hydrogen) atoms. The van der Waals surface area contributed by atoms with Crippen LogP contribution in [-0.2, 0) is 0 Å². The molecule has 0 aromatic heterocycles. The van der Waals surface area contributed by atoms with Crippen molar-refractivity contribution >= 4 is 0 Å². The molecule has 192 valence electrons. The quantitative estimate of drug-likeness (QED) is 0.417. The lowest BCUT2D eigenvalue weighted by atomic mass is 9.73. The standard InChI is InChI=1S/2C16H21NO/c2*1-13-6-8-14(9-7-13)15(12-17-2)16(18)10-4-3-5-11-16/h2*6-9,15,18H,3-5,10-12H2,1H3/i12D2;. The fourth-order valence-electron chi connectivity index (χ4n) is 5.77. The number of benzene rings is 2. The summed E-state index contributed by atoms with van der Waals surface area (Å²) in [6, 6.07) is 15.8. The van der Waals surface area contributed by atoms with Gasteiger partial charge in [0.05, 0.1) is 23.0 Å². The second kappa shape index (κ2) is 13.0. The van der Waals surface area contributed by atoms with E-state index in [1.54, 1.807) is 0 Å². The lowest BCUT2D eigenvalue weighted by Gasteiger charge is -2.37. The molecule has 2 saturated carbocycles. The van der Waals surface area contributed by atoms with Crippen molar-refractivity contribution in [1.82, 2.24) is 0 Å². The molecule has 0 aliphatic heterocycles. The largest absolute Gasteiger partial charge is 0.389 e. The van der Waals surface area contributed by atoms with Crippen molar-refractivity contribution < 1.29 is 13.0 Å². The molecule has 2 unspecified atom stereocenters. The molecule has 2 aliphatic rings. The molecule has 2 fully saturated rings. The zero-order chi connectivity index (χ0) is 27.8. The third kappa shape index (κ3) is 7.19. The normalized spacial score (nSPS) is 21.3. The summed E-state index contributed by atoms with van der Waals surface area (Å²) in [5.41, 5.74) is 2.36. The van der Waals surface area contributed by atoms with E-state index in [2.05, 4.69) is 40.9 Å². The fourth-order valence-corrected chi connectivity index (χ4v) is 5.77. The molecule has 0 heterocycles. The minimum absolute atomic E-state index is 0.0316. The summed E-state index contributed by atoms with van der Waals surface area (Å²) >= 11 is 0. The summed E-state index contributed by atoms with van der Waals surface area (Å²) in [4.78, 5) is 6.71. The Kier molecular flexibility index (Phi) is 9.06. The minimum atomic E-state index is -2.08. The Morgan fingerprint density at radius 1 is 0.694 bits per heavy atom. The molecule has 0 bridgehead atoms. The number of aliphatic hydroxyl groups is 2. The van der Waals surface area contributed by atoms with Crippen LogP contribution < -0.4 is 0 Å². The second-order valence-corrected chi connectivity index (χ2v) is 10.7. The van der Waals surface area contributed by atoms with Gasteiger partial charge in [-0.1, -0.05) is 98.2 Å². The Hall–Kier alpha value is -2.66. The minimum Gasteiger partial charge on any atom is -0.389 e. The third-order valence-corrected chi connectivity index (χ3v) is 7.98. The summed E-state index contributed by atoms with van der Waals surface area (Å²) in [6.07, 6.45) is 9.04. The zero-order valence-corrected chi connectivity index (χ0v) is 21.8. The molecule has 4 rings (SSSR count). The molecule has 2 aromatic rings. The highest BCUT2D eigenvalue weighted by Gasteiger charge is 2.41. The Morgan fingerprint density at radius 3 is 1.47 bits per heavy atom. The number of nitrogens with zero attached hydrogens (tertiary/aromatic N) is 2. The SMILES string of the molecule is [2H]C([2H])([N+]#[C-])C(c1ccc(C)cc1)C1(O)CCCCC1.[C-]#[N+]CC(c1ccc(C)cc1)C1(O)CCCCC1. The van der Waals surface area contributed by atoms with Crippen molar-refractivity contribution in [3.05, 3.63) is 93.6 Å². The van der Waals surface area contributed by atoms with Gasteiger partial charge in [-0.05, 0) is 50.7 Å². The van der Waals surface area contributed by atoms with Gasteiger partial charge in [-0.2, -0.15) is 0 Å². The Bertz CT molecular complexity index is 1100. The maximum absolute atomic E-state index is 10.9. The number of rotatable bonds is 6. The zero-order valence-electron chi connectivity index (χ0n) is 23.8. The van der Waals surface area contributed by atoms with Crippen LogP contribution in [0.5, 0.6) is 0 Å². The van der Waals surface area contributed by atoms with Crippen LogP contribution in [0, 0.1) is 27.0 Å². The number of hydrogen-bond acceptors (Lipinski definition) is 2. The van der Waals surface area contributed by atoms with Gasteiger partial charge < -0.3 is 19.9 Å². The topological polar surface area (TPSA) is 49.2 Å². The summed E-state index contributed by atoms with van der Waals surface area (Å²) in [6.45, 7) is 16.7. The highest BCUT2D eigenvalue weighted by atomic mass is 16.3. The van der Waals surface area contributed by atoms with E-state index in [4.69, 9.17) is 15.9 Å². The van der Waals surface area contributed by atoms with E-state index < -0.39 is 23.6 Å². The van der Waals surface area contributed by atoms with Crippen molar-refractivity contribution in [2.45, 2.75) is 101 Å². The molecule has 0 radical (unpaired) electrons. The predicted molar refractivity (Wildman–Crippen MR) is 147 cm³/mol. The molecule has 2 atom stereocenters. The van der Waals surface area contributed by atoms with Gasteiger partial charge in [0.2, 0.25) is 13.0 Å². The molecule has 2 aromatic carbocycles. The maximum atomic E-state index is 10.9. The van der Waals surface area contributed by atoms with Crippen molar-refractivity contribution in [1.29, 1.82) is 0 Å². The van der Waals surface area contributed by atoms with E-state index in [1.165, 1.54) is 12.0 Å². The first-order valence-corrected chi connectivity index (χ1v) is 13.3.